The lowest BCUT2D eigenvalue weighted by atomic mass is 10.0. The van der Waals surface area contributed by atoms with E-state index in [1.165, 1.54) is 51.4 Å². The summed E-state index contributed by atoms with van der Waals surface area (Å²) in [5.74, 6) is -0.585. The molecule has 0 saturated carbocycles. The Kier molecular flexibility index (Phi) is 12.7. The van der Waals surface area contributed by atoms with Crippen molar-refractivity contribution in [1.82, 2.24) is 0 Å². The Morgan fingerprint density at radius 1 is 0.618 bits per heavy atom. The van der Waals surface area contributed by atoms with Crippen molar-refractivity contribution in [2.75, 3.05) is 0 Å². The molecule has 4 nitrogen and oxygen atoms in total. The molecule has 0 radical (unpaired) electrons. The lowest BCUT2D eigenvalue weighted by molar-refractivity contribution is 0.0309. The van der Waals surface area contributed by atoms with Crippen molar-refractivity contribution in [3.8, 4) is 0 Å². The van der Waals surface area contributed by atoms with Gasteiger partial charge in [0.05, 0.1) is 23.3 Å². The molecular formula is C30H44O4. The lowest BCUT2D eigenvalue weighted by Gasteiger charge is -2.14. The third-order valence-corrected chi connectivity index (χ3v) is 6.36. The standard InChI is InChI=1S/C30H44O4/c1-5-7-9-11-13-15-23(3)33-29(31)27-19-17-26-22-28(20-18-25(26)21-27)30(32)34-24(4)16-14-12-10-8-6-2/h17-24H,5-16H2,1-4H3. The molecule has 0 fully saturated rings. The van der Waals surface area contributed by atoms with Gasteiger partial charge in [-0.1, -0.05) is 77.3 Å². The smallest absolute Gasteiger partial charge is 0.338 e. The van der Waals surface area contributed by atoms with Crippen LogP contribution < -0.4 is 0 Å². The summed E-state index contributed by atoms with van der Waals surface area (Å²) < 4.78 is 11.3. The maximum absolute atomic E-state index is 12.6. The van der Waals surface area contributed by atoms with Gasteiger partial charge in [0.25, 0.3) is 0 Å². The molecule has 0 aliphatic heterocycles. The van der Waals surface area contributed by atoms with Crippen LogP contribution >= 0.6 is 0 Å². The maximum Gasteiger partial charge on any atom is 0.338 e. The van der Waals surface area contributed by atoms with Crippen molar-refractivity contribution in [1.29, 1.82) is 0 Å². The molecular weight excluding hydrogens is 424 g/mol. The van der Waals surface area contributed by atoms with Crippen LogP contribution in [-0.2, 0) is 9.47 Å². The molecule has 2 rings (SSSR count). The first-order chi connectivity index (χ1) is 16.4. The summed E-state index contributed by atoms with van der Waals surface area (Å²) >= 11 is 0. The van der Waals surface area contributed by atoms with Crippen LogP contribution in [0.25, 0.3) is 10.8 Å². The van der Waals surface area contributed by atoms with E-state index in [9.17, 15) is 9.59 Å². The van der Waals surface area contributed by atoms with Crippen LogP contribution in [0.1, 0.15) is 125 Å². The van der Waals surface area contributed by atoms with Crippen molar-refractivity contribution in [3.05, 3.63) is 47.5 Å². The van der Waals surface area contributed by atoms with Gasteiger partial charge >= 0.3 is 11.9 Å². The predicted octanol–water partition coefficient (Wildman–Crippen LogP) is 8.65. The van der Waals surface area contributed by atoms with Crippen LogP contribution in [0.5, 0.6) is 0 Å². The van der Waals surface area contributed by atoms with Gasteiger partial charge in [-0.2, -0.15) is 0 Å². The Morgan fingerprint density at radius 3 is 1.38 bits per heavy atom. The zero-order chi connectivity index (χ0) is 24.8. The van der Waals surface area contributed by atoms with Crippen molar-refractivity contribution in [2.24, 2.45) is 0 Å². The third kappa shape index (κ3) is 9.87. The third-order valence-electron chi connectivity index (χ3n) is 6.36. The van der Waals surface area contributed by atoms with Crippen LogP contribution in [0.15, 0.2) is 36.4 Å². The monoisotopic (exact) mass is 468 g/mol. The number of benzene rings is 2. The minimum atomic E-state index is -0.292. The predicted molar refractivity (Wildman–Crippen MR) is 140 cm³/mol. The number of hydrogen-bond donors (Lipinski definition) is 0. The van der Waals surface area contributed by atoms with E-state index in [2.05, 4.69) is 13.8 Å². The minimum Gasteiger partial charge on any atom is -0.459 e. The van der Waals surface area contributed by atoms with E-state index >= 15 is 0 Å². The van der Waals surface area contributed by atoms with Gasteiger partial charge < -0.3 is 9.47 Å². The molecule has 0 aliphatic rings. The highest BCUT2D eigenvalue weighted by molar-refractivity contribution is 5.99. The van der Waals surface area contributed by atoms with Crippen molar-refractivity contribution < 1.29 is 19.1 Å². The van der Waals surface area contributed by atoms with E-state index in [0.717, 1.165) is 36.5 Å². The summed E-state index contributed by atoms with van der Waals surface area (Å²) in [5, 5.41) is 1.81. The largest absolute Gasteiger partial charge is 0.459 e. The van der Waals surface area contributed by atoms with Gasteiger partial charge in [-0.05, 0) is 74.6 Å². The Bertz CT molecular complexity index is 815. The average molecular weight is 469 g/mol. The summed E-state index contributed by atoms with van der Waals surface area (Å²) in [5.41, 5.74) is 1.08. The van der Waals surface area contributed by atoms with Crippen LogP contribution in [0.2, 0.25) is 0 Å². The molecule has 0 amide bonds. The first kappa shape index (κ1) is 27.9. The van der Waals surface area contributed by atoms with Gasteiger partial charge in [0.1, 0.15) is 0 Å². The summed E-state index contributed by atoms with van der Waals surface area (Å²) in [7, 11) is 0. The van der Waals surface area contributed by atoms with E-state index < -0.39 is 0 Å². The maximum atomic E-state index is 12.6. The quantitative estimate of drug-likeness (QED) is 0.183. The van der Waals surface area contributed by atoms with Crippen LogP contribution in [0, 0.1) is 0 Å². The fourth-order valence-corrected chi connectivity index (χ4v) is 4.19. The molecule has 2 atom stereocenters. The molecule has 0 heterocycles. The highest BCUT2D eigenvalue weighted by atomic mass is 16.5. The summed E-state index contributed by atoms with van der Waals surface area (Å²) in [6.07, 6.45) is 13.6. The number of ether oxygens (including phenoxy) is 2. The van der Waals surface area contributed by atoms with Crippen molar-refractivity contribution >= 4 is 22.7 Å². The van der Waals surface area contributed by atoms with E-state index in [-0.39, 0.29) is 24.1 Å². The molecule has 0 spiro atoms. The Balaban J connectivity index is 1.87. The number of carbonyl (C=O) groups is 2. The number of rotatable bonds is 16. The molecule has 34 heavy (non-hydrogen) atoms. The molecule has 0 aromatic heterocycles. The van der Waals surface area contributed by atoms with E-state index in [1.807, 2.05) is 38.1 Å². The van der Waals surface area contributed by atoms with Crippen LogP contribution in [0.4, 0.5) is 0 Å². The molecule has 4 heteroatoms. The van der Waals surface area contributed by atoms with Gasteiger partial charge in [-0.15, -0.1) is 0 Å². The Hall–Kier alpha value is -2.36. The Morgan fingerprint density at radius 2 is 1.00 bits per heavy atom. The van der Waals surface area contributed by atoms with E-state index in [4.69, 9.17) is 9.47 Å². The number of unbranched alkanes of at least 4 members (excludes halogenated alkanes) is 8. The topological polar surface area (TPSA) is 52.6 Å². The van der Waals surface area contributed by atoms with Gasteiger partial charge in [0.2, 0.25) is 0 Å². The normalized spacial score (nSPS) is 12.9. The summed E-state index contributed by atoms with van der Waals surface area (Å²) in [6.45, 7) is 8.34. The molecule has 2 unspecified atom stereocenters. The Labute approximate surface area is 206 Å². The minimum absolute atomic E-state index is 0.0874. The van der Waals surface area contributed by atoms with Gasteiger partial charge in [0.15, 0.2) is 0 Å². The van der Waals surface area contributed by atoms with Gasteiger partial charge in [0, 0.05) is 0 Å². The van der Waals surface area contributed by atoms with Gasteiger partial charge in [-0.25, -0.2) is 9.59 Å². The second-order valence-electron chi connectivity index (χ2n) is 9.61. The highest BCUT2D eigenvalue weighted by Crippen LogP contribution is 2.21. The van der Waals surface area contributed by atoms with Crippen molar-refractivity contribution in [3.63, 3.8) is 0 Å². The SMILES string of the molecule is CCCCCCCC(C)OC(=O)c1ccc2cc(C(=O)OC(C)CCCCCCC)ccc2c1. The van der Waals surface area contributed by atoms with E-state index in [1.54, 1.807) is 12.1 Å². The molecule has 188 valence electrons. The van der Waals surface area contributed by atoms with Gasteiger partial charge in [-0.3, -0.25) is 0 Å². The number of fused-ring (bicyclic) bond motifs is 1. The molecule has 2 aromatic rings. The number of hydrogen-bond acceptors (Lipinski definition) is 4. The number of carbonyl (C=O) groups excluding carboxylic acids is 2. The lowest BCUT2D eigenvalue weighted by Crippen LogP contribution is -2.15. The molecule has 0 bridgehead atoms. The zero-order valence-corrected chi connectivity index (χ0v) is 21.7. The highest BCUT2D eigenvalue weighted by Gasteiger charge is 2.15. The first-order valence-electron chi connectivity index (χ1n) is 13.4. The second kappa shape index (κ2) is 15.5. The fourth-order valence-electron chi connectivity index (χ4n) is 4.19. The first-order valence-corrected chi connectivity index (χ1v) is 13.4. The average Bonchev–Trinajstić information content (AvgIpc) is 2.83. The summed E-state index contributed by atoms with van der Waals surface area (Å²) in [6, 6.07) is 10.9. The zero-order valence-electron chi connectivity index (χ0n) is 21.7. The molecule has 2 aromatic carbocycles. The second-order valence-corrected chi connectivity index (χ2v) is 9.61. The molecule has 0 saturated heterocycles. The molecule has 0 N–H and O–H groups in total. The van der Waals surface area contributed by atoms with Crippen molar-refractivity contribution in [2.45, 2.75) is 117 Å². The fraction of sp³-hybridized carbons (Fsp3) is 0.600. The van der Waals surface area contributed by atoms with Crippen LogP contribution in [0.3, 0.4) is 0 Å². The van der Waals surface area contributed by atoms with E-state index in [0.29, 0.717) is 11.1 Å². The van der Waals surface area contributed by atoms with Crippen LogP contribution in [-0.4, -0.2) is 24.1 Å². The summed E-state index contributed by atoms with van der Waals surface area (Å²) in [4.78, 5) is 25.2. The molecule has 0 aliphatic carbocycles. The number of esters is 2.